The quantitative estimate of drug-likeness (QED) is 0.640. The van der Waals surface area contributed by atoms with Gasteiger partial charge in [0.15, 0.2) is 0 Å². The Morgan fingerprint density at radius 3 is 2.59 bits per heavy atom. The van der Waals surface area contributed by atoms with Crippen LogP contribution in [0.4, 0.5) is 5.69 Å². The molecule has 0 radical (unpaired) electrons. The molecule has 0 aliphatic carbocycles. The van der Waals surface area contributed by atoms with Gasteiger partial charge in [0, 0.05) is 17.8 Å². The van der Waals surface area contributed by atoms with E-state index in [0.29, 0.717) is 6.42 Å². The van der Waals surface area contributed by atoms with E-state index < -0.39 is 0 Å². The van der Waals surface area contributed by atoms with Gasteiger partial charge in [0.25, 0.3) is 5.69 Å². The minimum absolute atomic E-state index is 0.0135. The van der Waals surface area contributed by atoms with E-state index in [4.69, 9.17) is 9.73 Å². The van der Waals surface area contributed by atoms with Gasteiger partial charge < -0.3 is 4.74 Å². The second-order valence-corrected chi connectivity index (χ2v) is 5.31. The molecule has 5 nitrogen and oxygen atoms in total. The molecule has 1 aliphatic rings. The highest BCUT2D eigenvalue weighted by molar-refractivity contribution is 6.01. The largest absolute Gasteiger partial charge is 0.497 e. The molecule has 22 heavy (non-hydrogen) atoms. The summed E-state index contributed by atoms with van der Waals surface area (Å²) < 4.78 is 5.17. The summed E-state index contributed by atoms with van der Waals surface area (Å²) in [5, 5.41) is 11.0. The van der Waals surface area contributed by atoms with Gasteiger partial charge in [0.1, 0.15) is 5.75 Å². The summed E-state index contributed by atoms with van der Waals surface area (Å²) >= 11 is 0. The Morgan fingerprint density at radius 2 is 1.95 bits per heavy atom. The molecule has 2 aromatic rings. The van der Waals surface area contributed by atoms with Gasteiger partial charge in [0.05, 0.1) is 18.1 Å². The van der Waals surface area contributed by atoms with E-state index in [9.17, 15) is 10.1 Å². The number of ether oxygens (including phenoxy) is 1. The number of rotatable bonds is 3. The van der Waals surface area contributed by atoms with Crippen molar-refractivity contribution in [2.75, 3.05) is 7.11 Å². The van der Waals surface area contributed by atoms with E-state index in [1.807, 2.05) is 31.2 Å². The highest BCUT2D eigenvalue weighted by Crippen LogP contribution is 2.32. The van der Waals surface area contributed by atoms with E-state index in [2.05, 4.69) is 0 Å². The molecule has 0 fully saturated rings. The minimum atomic E-state index is -0.357. The molecule has 0 bridgehead atoms. The van der Waals surface area contributed by atoms with E-state index in [-0.39, 0.29) is 16.7 Å². The number of hydrogen-bond acceptors (Lipinski definition) is 4. The molecule has 1 aliphatic heterocycles. The molecule has 1 heterocycles. The highest BCUT2D eigenvalue weighted by Gasteiger charge is 2.22. The van der Waals surface area contributed by atoms with Crippen LogP contribution in [0.5, 0.6) is 5.75 Å². The number of nitro benzene ring substituents is 1. The van der Waals surface area contributed by atoms with Crippen molar-refractivity contribution in [2.24, 2.45) is 4.99 Å². The third-order valence-corrected chi connectivity index (χ3v) is 3.95. The summed E-state index contributed by atoms with van der Waals surface area (Å²) in [5.41, 5.74) is 4.09. The topological polar surface area (TPSA) is 64.7 Å². The Hall–Kier alpha value is -2.69. The average Bonchev–Trinajstić information content (AvgIpc) is 2.54. The van der Waals surface area contributed by atoms with Crippen LogP contribution < -0.4 is 4.74 Å². The first kappa shape index (κ1) is 14.3. The fourth-order valence-electron chi connectivity index (χ4n) is 2.79. The van der Waals surface area contributed by atoms with Crippen molar-refractivity contribution in [3.8, 4) is 5.75 Å². The zero-order valence-corrected chi connectivity index (χ0v) is 12.4. The Balaban J connectivity index is 1.96. The van der Waals surface area contributed by atoms with Crippen molar-refractivity contribution in [3.05, 3.63) is 69.3 Å². The predicted octanol–water partition coefficient (Wildman–Crippen LogP) is 3.71. The van der Waals surface area contributed by atoms with Crippen LogP contribution in [0.25, 0.3) is 0 Å². The van der Waals surface area contributed by atoms with E-state index in [0.717, 1.165) is 28.2 Å². The summed E-state index contributed by atoms with van der Waals surface area (Å²) in [6, 6.07) is 12.8. The lowest BCUT2D eigenvalue weighted by Gasteiger charge is -2.22. The molecule has 112 valence electrons. The van der Waals surface area contributed by atoms with Gasteiger partial charge in [-0.05, 0) is 48.2 Å². The van der Waals surface area contributed by atoms with Crippen molar-refractivity contribution in [2.45, 2.75) is 19.4 Å². The van der Waals surface area contributed by atoms with Gasteiger partial charge in [-0.15, -0.1) is 0 Å². The smallest absolute Gasteiger partial charge is 0.269 e. The zero-order chi connectivity index (χ0) is 15.7. The highest BCUT2D eigenvalue weighted by atomic mass is 16.6. The van der Waals surface area contributed by atoms with Gasteiger partial charge >= 0.3 is 0 Å². The van der Waals surface area contributed by atoms with Crippen LogP contribution in [0.15, 0.2) is 47.5 Å². The Bertz CT molecular complexity index is 751. The SMILES string of the molecule is COc1ccc([C@H]2Cc3cc([N+](=O)[O-])ccc3C(C)=N2)cc1. The lowest BCUT2D eigenvalue weighted by Crippen LogP contribution is -2.14. The third-order valence-electron chi connectivity index (χ3n) is 3.95. The molecular formula is C17H16N2O3. The first-order chi connectivity index (χ1) is 10.6. The van der Waals surface area contributed by atoms with Gasteiger partial charge in [-0.2, -0.15) is 0 Å². The Morgan fingerprint density at radius 1 is 1.23 bits per heavy atom. The van der Waals surface area contributed by atoms with Crippen molar-refractivity contribution >= 4 is 11.4 Å². The van der Waals surface area contributed by atoms with Crippen LogP contribution in [0.2, 0.25) is 0 Å². The number of aliphatic imine (C=N–C) groups is 1. The van der Waals surface area contributed by atoms with Gasteiger partial charge in [-0.3, -0.25) is 15.1 Å². The number of non-ortho nitro benzene ring substituents is 1. The molecule has 0 N–H and O–H groups in total. The summed E-state index contributed by atoms with van der Waals surface area (Å²) in [7, 11) is 1.63. The fraction of sp³-hybridized carbons (Fsp3) is 0.235. The first-order valence-corrected chi connectivity index (χ1v) is 7.04. The number of methoxy groups -OCH3 is 1. The summed E-state index contributed by atoms with van der Waals surface area (Å²) in [6.45, 7) is 1.94. The Kier molecular flexibility index (Phi) is 3.63. The van der Waals surface area contributed by atoms with Crippen molar-refractivity contribution in [1.82, 2.24) is 0 Å². The maximum Gasteiger partial charge on any atom is 0.269 e. The molecule has 0 amide bonds. The first-order valence-electron chi connectivity index (χ1n) is 7.04. The Labute approximate surface area is 128 Å². The minimum Gasteiger partial charge on any atom is -0.497 e. The zero-order valence-electron chi connectivity index (χ0n) is 12.4. The summed E-state index contributed by atoms with van der Waals surface area (Å²) in [6.07, 6.45) is 0.667. The number of benzene rings is 2. The van der Waals surface area contributed by atoms with Crippen LogP contribution in [-0.2, 0) is 6.42 Å². The van der Waals surface area contributed by atoms with E-state index >= 15 is 0 Å². The third kappa shape index (κ3) is 2.57. The van der Waals surface area contributed by atoms with E-state index in [1.54, 1.807) is 19.2 Å². The van der Waals surface area contributed by atoms with Crippen LogP contribution in [0.1, 0.15) is 29.7 Å². The van der Waals surface area contributed by atoms with Gasteiger partial charge in [0.2, 0.25) is 0 Å². The van der Waals surface area contributed by atoms with Crippen molar-refractivity contribution in [1.29, 1.82) is 0 Å². The van der Waals surface area contributed by atoms with Gasteiger partial charge in [-0.1, -0.05) is 12.1 Å². The number of nitrogens with zero attached hydrogens (tertiary/aromatic N) is 2. The van der Waals surface area contributed by atoms with Crippen LogP contribution >= 0.6 is 0 Å². The van der Waals surface area contributed by atoms with Crippen LogP contribution in [-0.4, -0.2) is 17.7 Å². The van der Waals surface area contributed by atoms with Crippen LogP contribution in [0, 0.1) is 10.1 Å². The lowest BCUT2D eigenvalue weighted by molar-refractivity contribution is -0.384. The van der Waals surface area contributed by atoms with Gasteiger partial charge in [-0.25, -0.2) is 0 Å². The molecule has 0 spiro atoms. The maximum absolute atomic E-state index is 11.0. The molecule has 1 atom stereocenters. The second-order valence-electron chi connectivity index (χ2n) is 5.31. The second kappa shape index (κ2) is 5.60. The van der Waals surface area contributed by atoms with Crippen molar-refractivity contribution < 1.29 is 9.66 Å². The molecule has 3 rings (SSSR count). The number of hydrogen-bond donors (Lipinski definition) is 0. The molecule has 5 heteroatoms. The molecule has 0 aromatic heterocycles. The van der Waals surface area contributed by atoms with E-state index in [1.165, 1.54) is 6.07 Å². The fourth-order valence-corrected chi connectivity index (χ4v) is 2.79. The lowest BCUT2D eigenvalue weighted by atomic mass is 9.90. The summed E-state index contributed by atoms with van der Waals surface area (Å²) in [4.78, 5) is 15.3. The number of nitro groups is 1. The van der Waals surface area contributed by atoms with Crippen molar-refractivity contribution in [3.63, 3.8) is 0 Å². The molecule has 2 aromatic carbocycles. The van der Waals surface area contributed by atoms with Crippen LogP contribution in [0.3, 0.4) is 0 Å². The molecule has 0 unspecified atom stereocenters. The molecular weight excluding hydrogens is 280 g/mol. The number of fused-ring (bicyclic) bond motifs is 1. The average molecular weight is 296 g/mol. The summed E-state index contributed by atoms with van der Waals surface area (Å²) in [5.74, 6) is 0.802. The monoisotopic (exact) mass is 296 g/mol. The predicted molar refractivity (Wildman–Crippen MR) is 84.7 cm³/mol. The molecule has 0 saturated heterocycles. The maximum atomic E-state index is 11.0. The normalized spacial score (nSPS) is 16.6. The standard InChI is InChI=1S/C17H16N2O3/c1-11-16-8-5-14(19(20)21)9-13(16)10-17(18-11)12-3-6-15(22-2)7-4-12/h3-9,17H,10H2,1-2H3/t17-/m1/s1. The molecule has 0 saturated carbocycles.